The summed E-state index contributed by atoms with van der Waals surface area (Å²) < 4.78 is 1.64. The van der Waals surface area contributed by atoms with E-state index in [4.69, 9.17) is 11.6 Å². The van der Waals surface area contributed by atoms with E-state index in [0.29, 0.717) is 16.9 Å². The topological polar surface area (TPSA) is 43.6 Å². The zero-order chi connectivity index (χ0) is 12.6. The summed E-state index contributed by atoms with van der Waals surface area (Å²) in [5, 5.41) is 13.1. The molecular weight excluding hydrogens is 236 g/mol. The van der Waals surface area contributed by atoms with Gasteiger partial charge in [-0.2, -0.15) is 10.2 Å². The smallest absolute Gasteiger partial charge is 0.177 e. The molecule has 2 aromatic rings. The summed E-state index contributed by atoms with van der Waals surface area (Å²) in [5.74, 6) is 0.991. The maximum absolute atomic E-state index is 6.33. The number of nitrogens with zero attached hydrogens (tertiary/aromatic N) is 4. The minimum absolute atomic E-state index is 0.342. The number of halogens is 1. The van der Waals surface area contributed by atoms with Crippen molar-refractivity contribution in [3.05, 3.63) is 34.2 Å². The fourth-order valence-electron chi connectivity index (χ4n) is 1.82. The van der Waals surface area contributed by atoms with Gasteiger partial charge in [-0.3, -0.25) is 0 Å². The summed E-state index contributed by atoms with van der Waals surface area (Å²) in [4.78, 5) is 0. The lowest BCUT2D eigenvalue weighted by Gasteiger charge is -2.04. The van der Waals surface area contributed by atoms with Gasteiger partial charge < -0.3 is 0 Å². The van der Waals surface area contributed by atoms with Gasteiger partial charge in [0, 0.05) is 5.56 Å². The summed E-state index contributed by atoms with van der Waals surface area (Å²) in [7, 11) is 0. The summed E-state index contributed by atoms with van der Waals surface area (Å²) in [6.07, 6.45) is 0. The maximum atomic E-state index is 6.33. The normalized spacial score (nSPS) is 11.2. The Morgan fingerprint density at radius 3 is 2.35 bits per heavy atom. The van der Waals surface area contributed by atoms with Crippen LogP contribution < -0.4 is 0 Å². The van der Waals surface area contributed by atoms with Crippen molar-refractivity contribution in [2.24, 2.45) is 0 Å². The second-order valence-electron chi connectivity index (χ2n) is 4.39. The van der Waals surface area contributed by atoms with Crippen molar-refractivity contribution in [1.82, 2.24) is 20.0 Å². The molecule has 0 fully saturated rings. The molecule has 2 heterocycles. The van der Waals surface area contributed by atoms with Gasteiger partial charge in [-0.05, 0) is 31.9 Å². The third-order valence-corrected chi connectivity index (χ3v) is 2.99. The molecule has 0 aliphatic heterocycles. The van der Waals surface area contributed by atoms with E-state index in [2.05, 4.69) is 29.1 Å². The van der Waals surface area contributed by atoms with Gasteiger partial charge in [-0.15, -0.1) is 5.10 Å². The lowest BCUT2D eigenvalue weighted by atomic mass is 10.1. The molecule has 0 N–H and O–H groups in total. The Morgan fingerprint density at radius 1 is 1.18 bits per heavy atom. The van der Waals surface area contributed by atoms with E-state index in [1.165, 1.54) is 0 Å². The average molecular weight is 251 g/mol. The van der Waals surface area contributed by atoms with Crippen LogP contribution in [0.25, 0.3) is 5.82 Å². The van der Waals surface area contributed by atoms with E-state index < -0.39 is 0 Å². The van der Waals surface area contributed by atoms with Crippen LogP contribution >= 0.6 is 11.6 Å². The first kappa shape index (κ1) is 12.0. The Morgan fingerprint density at radius 2 is 1.88 bits per heavy atom. The van der Waals surface area contributed by atoms with Crippen molar-refractivity contribution < 1.29 is 0 Å². The Balaban J connectivity index is 2.53. The molecule has 5 heteroatoms. The minimum Gasteiger partial charge on any atom is -0.201 e. The zero-order valence-corrected chi connectivity index (χ0v) is 11.2. The molecular formula is C12H15ClN4. The van der Waals surface area contributed by atoms with Crippen LogP contribution in [0.3, 0.4) is 0 Å². The molecule has 0 saturated heterocycles. The molecule has 17 heavy (non-hydrogen) atoms. The van der Waals surface area contributed by atoms with Gasteiger partial charge in [-0.25, -0.2) is 4.68 Å². The van der Waals surface area contributed by atoms with Crippen LogP contribution in [0, 0.1) is 13.8 Å². The second kappa shape index (κ2) is 4.45. The van der Waals surface area contributed by atoms with E-state index in [0.717, 1.165) is 17.0 Å². The molecule has 0 unspecified atom stereocenters. The SMILES string of the molecule is Cc1ccc(-n2nc(C)c(C(C)C)c2Cl)nn1. The predicted molar refractivity (Wildman–Crippen MR) is 67.7 cm³/mol. The van der Waals surface area contributed by atoms with E-state index in [1.807, 2.05) is 26.0 Å². The fourth-order valence-corrected chi connectivity index (χ4v) is 2.30. The molecule has 0 saturated carbocycles. The van der Waals surface area contributed by atoms with Crippen molar-refractivity contribution in [3.63, 3.8) is 0 Å². The molecule has 90 valence electrons. The van der Waals surface area contributed by atoms with Gasteiger partial charge >= 0.3 is 0 Å². The van der Waals surface area contributed by atoms with Crippen molar-refractivity contribution >= 4 is 11.6 Å². The van der Waals surface area contributed by atoms with Crippen molar-refractivity contribution in [3.8, 4) is 5.82 Å². The average Bonchev–Trinajstić information content (AvgIpc) is 2.55. The zero-order valence-electron chi connectivity index (χ0n) is 10.4. The highest BCUT2D eigenvalue weighted by Crippen LogP contribution is 2.28. The number of rotatable bonds is 2. The minimum atomic E-state index is 0.342. The van der Waals surface area contributed by atoms with Crippen molar-refractivity contribution in [1.29, 1.82) is 0 Å². The first-order valence-corrected chi connectivity index (χ1v) is 5.94. The van der Waals surface area contributed by atoms with Crippen LogP contribution in [0.1, 0.15) is 36.7 Å². The molecule has 0 bridgehead atoms. The second-order valence-corrected chi connectivity index (χ2v) is 4.75. The van der Waals surface area contributed by atoms with Crippen LogP contribution in [-0.2, 0) is 0 Å². The van der Waals surface area contributed by atoms with E-state index in [-0.39, 0.29) is 0 Å². The Labute approximate surface area is 106 Å². The molecule has 0 atom stereocenters. The molecule has 2 rings (SSSR count). The summed E-state index contributed by atoms with van der Waals surface area (Å²) in [6.45, 7) is 8.05. The predicted octanol–water partition coefficient (Wildman–Crippen LogP) is 3.06. The summed E-state index contributed by atoms with van der Waals surface area (Å²) >= 11 is 6.33. The largest absolute Gasteiger partial charge is 0.201 e. The summed E-state index contributed by atoms with van der Waals surface area (Å²) in [6, 6.07) is 3.76. The highest BCUT2D eigenvalue weighted by Gasteiger charge is 2.17. The van der Waals surface area contributed by atoms with Gasteiger partial charge in [-0.1, -0.05) is 25.4 Å². The third-order valence-electron chi connectivity index (χ3n) is 2.63. The highest BCUT2D eigenvalue weighted by molar-refractivity contribution is 6.30. The number of hydrogen-bond acceptors (Lipinski definition) is 3. The van der Waals surface area contributed by atoms with Crippen LogP contribution in [0.2, 0.25) is 5.15 Å². The maximum Gasteiger partial charge on any atom is 0.177 e. The van der Waals surface area contributed by atoms with Crippen LogP contribution in [-0.4, -0.2) is 20.0 Å². The first-order valence-electron chi connectivity index (χ1n) is 5.56. The number of aromatic nitrogens is 4. The Kier molecular flexibility index (Phi) is 3.15. The van der Waals surface area contributed by atoms with Gasteiger partial charge in [0.2, 0.25) is 0 Å². The quantitative estimate of drug-likeness (QED) is 0.823. The number of aryl methyl sites for hydroxylation is 2. The van der Waals surface area contributed by atoms with E-state index >= 15 is 0 Å². The Bertz CT molecular complexity index is 528. The number of hydrogen-bond donors (Lipinski definition) is 0. The molecule has 0 radical (unpaired) electrons. The first-order chi connectivity index (χ1) is 8.00. The molecule has 0 amide bonds. The molecule has 4 nitrogen and oxygen atoms in total. The third kappa shape index (κ3) is 2.17. The van der Waals surface area contributed by atoms with Gasteiger partial charge in [0.25, 0.3) is 0 Å². The fraction of sp³-hybridized carbons (Fsp3) is 0.417. The summed E-state index contributed by atoms with van der Waals surface area (Å²) in [5.41, 5.74) is 2.87. The lowest BCUT2D eigenvalue weighted by molar-refractivity contribution is 0.797. The molecule has 0 aromatic carbocycles. The van der Waals surface area contributed by atoms with Crippen LogP contribution in [0.4, 0.5) is 0 Å². The molecule has 0 aliphatic carbocycles. The van der Waals surface area contributed by atoms with Crippen LogP contribution in [0.15, 0.2) is 12.1 Å². The van der Waals surface area contributed by atoms with E-state index in [1.54, 1.807) is 4.68 Å². The van der Waals surface area contributed by atoms with Gasteiger partial charge in [0.15, 0.2) is 5.82 Å². The molecule has 0 aliphatic rings. The standard InChI is InChI=1S/C12H15ClN4/c1-7(2)11-9(4)16-17(12(11)13)10-6-5-8(3)14-15-10/h5-7H,1-4H3. The van der Waals surface area contributed by atoms with Crippen LogP contribution in [0.5, 0.6) is 0 Å². The van der Waals surface area contributed by atoms with Gasteiger partial charge in [0.1, 0.15) is 5.15 Å². The molecule has 2 aromatic heterocycles. The highest BCUT2D eigenvalue weighted by atomic mass is 35.5. The van der Waals surface area contributed by atoms with Crippen molar-refractivity contribution in [2.75, 3.05) is 0 Å². The van der Waals surface area contributed by atoms with Gasteiger partial charge in [0.05, 0.1) is 11.4 Å². The van der Waals surface area contributed by atoms with Crippen molar-refractivity contribution in [2.45, 2.75) is 33.6 Å². The van der Waals surface area contributed by atoms with E-state index in [9.17, 15) is 0 Å². The molecule has 0 spiro atoms. The monoisotopic (exact) mass is 250 g/mol. The lowest BCUT2D eigenvalue weighted by Crippen LogP contribution is -2.02. The Hall–Kier alpha value is -1.42.